The fourth-order valence-corrected chi connectivity index (χ4v) is 4.11. The third-order valence-electron chi connectivity index (χ3n) is 5.60. The number of primary amides is 1. The Balaban J connectivity index is 1.57. The van der Waals surface area contributed by atoms with Crippen molar-refractivity contribution in [3.8, 4) is 5.75 Å². The Labute approximate surface area is 180 Å². The van der Waals surface area contributed by atoms with Crippen molar-refractivity contribution in [2.45, 2.75) is 25.3 Å². The van der Waals surface area contributed by atoms with Gasteiger partial charge < -0.3 is 15.4 Å². The number of nitrogens with two attached hydrogens (primary N) is 1. The first-order valence-electron chi connectivity index (χ1n) is 10.3. The van der Waals surface area contributed by atoms with Crippen LogP contribution in [0.5, 0.6) is 5.75 Å². The van der Waals surface area contributed by atoms with Crippen LogP contribution in [0, 0.1) is 0 Å². The number of likely N-dealkylation sites (tertiary alicyclic amines) is 1. The molecule has 1 aliphatic heterocycles. The Bertz CT molecular complexity index is 1080. The summed E-state index contributed by atoms with van der Waals surface area (Å²) in [4.78, 5) is 28.5. The van der Waals surface area contributed by atoms with E-state index < -0.39 is 5.91 Å². The average Bonchev–Trinajstić information content (AvgIpc) is 3.40. The summed E-state index contributed by atoms with van der Waals surface area (Å²) in [7, 11) is 1.56. The van der Waals surface area contributed by atoms with Crippen LogP contribution in [-0.2, 0) is 9.59 Å². The number of nitrogens with zero attached hydrogens (tertiary/aromatic N) is 5. The SMILES string of the molecule is COc1ccccc1N(CCC(N)=O)C(=O)CN1CCCC1c1nnc2ccccn12. The van der Waals surface area contributed by atoms with Crippen LogP contribution in [0.1, 0.15) is 31.1 Å². The highest BCUT2D eigenvalue weighted by atomic mass is 16.5. The maximum Gasteiger partial charge on any atom is 0.241 e. The number of fused-ring (bicyclic) bond motifs is 1. The second-order valence-corrected chi connectivity index (χ2v) is 7.55. The molecule has 31 heavy (non-hydrogen) atoms. The van der Waals surface area contributed by atoms with Gasteiger partial charge in [0.15, 0.2) is 11.5 Å². The van der Waals surface area contributed by atoms with E-state index in [-0.39, 0.29) is 31.5 Å². The summed E-state index contributed by atoms with van der Waals surface area (Å²) in [6.07, 6.45) is 3.88. The van der Waals surface area contributed by atoms with E-state index in [4.69, 9.17) is 10.5 Å². The summed E-state index contributed by atoms with van der Waals surface area (Å²) in [5, 5.41) is 8.64. The van der Waals surface area contributed by atoms with Gasteiger partial charge in [0.1, 0.15) is 5.75 Å². The van der Waals surface area contributed by atoms with E-state index in [9.17, 15) is 9.59 Å². The topological polar surface area (TPSA) is 106 Å². The lowest BCUT2D eigenvalue weighted by molar-refractivity contribution is -0.120. The standard InChI is InChI=1S/C22H26N6O3/c1-31-18-9-3-2-7-16(18)27(14-11-19(23)29)21(30)15-26-12-6-8-17(26)22-25-24-20-10-4-5-13-28(20)22/h2-5,7,9-10,13,17H,6,8,11-12,14-15H2,1H3,(H2,23,29). The van der Waals surface area contributed by atoms with Gasteiger partial charge in [0, 0.05) is 19.2 Å². The van der Waals surface area contributed by atoms with Gasteiger partial charge in [-0.1, -0.05) is 18.2 Å². The zero-order valence-electron chi connectivity index (χ0n) is 17.5. The third kappa shape index (κ3) is 4.36. The van der Waals surface area contributed by atoms with Crippen LogP contribution in [0.4, 0.5) is 5.69 Å². The molecule has 0 spiro atoms. The van der Waals surface area contributed by atoms with Crippen molar-refractivity contribution in [3.05, 3.63) is 54.5 Å². The Morgan fingerprint density at radius 3 is 2.81 bits per heavy atom. The molecule has 2 amide bonds. The van der Waals surface area contributed by atoms with Crippen LogP contribution in [-0.4, -0.2) is 58.1 Å². The molecule has 2 aromatic heterocycles. The van der Waals surface area contributed by atoms with Gasteiger partial charge in [-0.25, -0.2) is 0 Å². The number of hydrogen-bond donors (Lipinski definition) is 1. The number of amides is 2. The normalized spacial score (nSPS) is 16.5. The Kier molecular flexibility index (Phi) is 6.13. The Morgan fingerprint density at radius 1 is 1.19 bits per heavy atom. The molecule has 0 aliphatic carbocycles. The molecule has 3 heterocycles. The van der Waals surface area contributed by atoms with Crippen LogP contribution in [0.25, 0.3) is 5.65 Å². The third-order valence-corrected chi connectivity index (χ3v) is 5.60. The predicted molar refractivity (Wildman–Crippen MR) is 116 cm³/mol. The first-order valence-corrected chi connectivity index (χ1v) is 10.3. The molecule has 1 saturated heterocycles. The van der Waals surface area contributed by atoms with Crippen LogP contribution in [0.3, 0.4) is 0 Å². The van der Waals surface area contributed by atoms with Gasteiger partial charge in [0.25, 0.3) is 0 Å². The molecule has 9 heteroatoms. The summed E-state index contributed by atoms with van der Waals surface area (Å²) in [5.74, 6) is 0.830. The first-order chi connectivity index (χ1) is 15.1. The number of ether oxygens (including phenoxy) is 1. The molecule has 1 unspecified atom stereocenters. The molecule has 2 N–H and O–H groups in total. The first kappa shape index (κ1) is 20.8. The van der Waals surface area contributed by atoms with Gasteiger partial charge in [-0.2, -0.15) is 0 Å². The molecule has 1 atom stereocenters. The second-order valence-electron chi connectivity index (χ2n) is 7.55. The largest absolute Gasteiger partial charge is 0.495 e. The summed E-state index contributed by atoms with van der Waals surface area (Å²) in [6, 6.07) is 13.1. The van der Waals surface area contributed by atoms with Crippen molar-refractivity contribution in [2.75, 3.05) is 31.6 Å². The molecule has 0 radical (unpaired) electrons. The summed E-state index contributed by atoms with van der Waals surface area (Å²) in [6.45, 7) is 1.18. The maximum absolute atomic E-state index is 13.4. The van der Waals surface area contributed by atoms with Crippen molar-refractivity contribution < 1.29 is 14.3 Å². The fraction of sp³-hybridized carbons (Fsp3) is 0.364. The lowest BCUT2D eigenvalue weighted by Crippen LogP contribution is -2.42. The number of aromatic nitrogens is 3. The fourth-order valence-electron chi connectivity index (χ4n) is 4.11. The number of methoxy groups -OCH3 is 1. The van der Waals surface area contributed by atoms with Crippen LogP contribution in [0.15, 0.2) is 48.7 Å². The lowest BCUT2D eigenvalue weighted by Gasteiger charge is -2.28. The van der Waals surface area contributed by atoms with Crippen molar-refractivity contribution in [1.29, 1.82) is 0 Å². The number of hydrogen-bond acceptors (Lipinski definition) is 6. The molecule has 1 aliphatic rings. The van der Waals surface area contributed by atoms with Crippen molar-refractivity contribution >= 4 is 23.1 Å². The Hall–Kier alpha value is -3.46. The van der Waals surface area contributed by atoms with E-state index in [0.717, 1.165) is 30.9 Å². The van der Waals surface area contributed by atoms with E-state index in [1.807, 2.05) is 47.0 Å². The zero-order chi connectivity index (χ0) is 21.8. The predicted octanol–water partition coefficient (Wildman–Crippen LogP) is 1.78. The minimum Gasteiger partial charge on any atom is -0.495 e. The molecule has 9 nitrogen and oxygen atoms in total. The summed E-state index contributed by atoms with van der Waals surface area (Å²) >= 11 is 0. The van der Waals surface area contributed by atoms with Crippen molar-refractivity contribution in [1.82, 2.24) is 19.5 Å². The van der Waals surface area contributed by atoms with Gasteiger partial charge in [0.2, 0.25) is 11.8 Å². The average molecular weight is 422 g/mol. The van der Waals surface area contributed by atoms with Crippen molar-refractivity contribution in [3.63, 3.8) is 0 Å². The molecule has 0 bridgehead atoms. The van der Waals surface area contributed by atoms with E-state index in [0.29, 0.717) is 11.4 Å². The highest BCUT2D eigenvalue weighted by Gasteiger charge is 2.33. The smallest absolute Gasteiger partial charge is 0.241 e. The monoisotopic (exact) mass is 422 g/mol. The highest BCUT2D eigenvalue weighted by Crippen LogP contribution is 2.32. The van der Waals surface area contributed by atoms with E-state index in [2.05, 4.69) is 15.1 Å². The van der Waals surface area contributed by atoms with E-state index in [1.165, 1.54) is 0 Å². The number of anilines is 1. The highest BCUT2D eigenvalue weighted by molar-refractivity contribution is 5.96. The number of benzene rings is 1. The van der Waals surface area contributed by atoms with Gasteiger partial charge in [-0.3, -0.25) is 18.9 Å². The minimum absolute atomic E-state index is 0.00277. The zero-order valence-corrected chi connectivity index (χ0v) is 17.5. The second kappa shape index (κ2) is 9.13. The molecule has 3 aromatic rings. The maximum atomic E-state index is 13.4. The number of carbonyl (C=O) groups excluding carboxylic acids is 2. The molecule has 4 rings (SSSR count). The summed E-state index contributed by atoms with van der Waals surface area (Å²) in [5.41, 5.74) is 6.77. The van der Waals surface area contributed by atoms with Gasteiger partial charge >= 0.3 is 0 Å². The van der Waals surface area contributed by atoms with Crippen LogP contribution < -0.4 is 15.4 Å². The Morgan fingerprint density at radius 2 is 2.00 bits per heavy atom. The minimum atomic E-state index is -0.457. The quantitative estimate of drug-likeness (QED) is 0.593. The van der Waals surface area contributed by atoms with Gasteiger partial charge in [-0.05, 0) is 43.7 Å². The van der Waals surface area contributed by atoms with Crippen molar-refractivity contribution in [2.24, 2.45) is 5.73 Å². The molecule has 162 valence electrons. The van der Waals surface area contributed by atoms with Crippen LogP contribution in [0.2, 0.25) is 0 Å². The summed E-state index contributed by atoms with van der Waals surface area (Å²) < 4.78 is 7.41. The number of pyridine rings is 1. The molecular formula is C22H26N6O3. The molecule has 0 saturated carbocycles. The molecule has 1 fully saturated rings. The molecule has 1 aromatic carbocycles. The lowest BCUT2D eigenvalue weighted by atomic mass is 10.2. The number of rotatable bonds is 8. The van der Waals surface area contributed by atoms with Gasteiger partial charge in [-0.15, -0.1) is 10.2 Å². The number of carbonyl (C=O) groups is 2. The van der Waals surface area contributed by atoms with Crippen LogP contribution >= 0.6 is 0 Å². The van der Waals surface area contributed by atoms with Gasteiger partial charge in [0.05, 0.1) is 25.4 Å². The van der Waals surface area contributed by atoms with E-state index in [1.54, 1.807) is 18.1 Å². The van der Waals surface area contributed by atoms with E-state index >= 15 is 0 Å². The molecular weight excluding hydrogens is 396 g/mol. The number of para-hydroxylation sites is 2.